The molecule has 2 aromatic rings. The summed E-state index contributed by atoms with van der Waals surface area (Å²) in [7, 11) is 0. The minimum atomic E-state index is -0.951. The predicted molar refractivity (Wildman–Crippen MR) is 130 cm³/mol. The molecule has 0 heterocycles. The fraction of sp³-hybridized carbons (Fsp3) is 0.444. The van der Waals surface area contributed by atoms with E-state index in [1.807, 2.05) is 57.2 Å². The number of carbonyl (C=O) groups excluding carboxylic acids is 2. The molecule has 3 rings (SSSR count). The molecule has 0 radical (unpaired) electrons. The van der Waals surface area contributed by atoms with Gasteiger partial charge in [0.15, 0.2) is 0 Å². The second-order valence-electron chi connectivity index (χ2n) is 9.98. The van der Waals surface area contributed by atoms with Gasteiger partial charge in [-0.05, 0) is 40.5 Å². The van der Waals surface area contributed by atoms with E-state index in [2.05, 4.69) is 22.8 Å². The number of fused-ring (bicyclic) bond motifs is 3. The monoisotopic (exact) mass is 466 g/mol. The summed E-state index contributed by atoms with van der Waals surface area (Å²) >= 11 is 0. The van der Waals surface area contributed by atoms with Gasteiger partial charge in [0.2, 0.25) is 5.91 Å². The van der Waals surface area contributed by atoms with Gasteiger partial charge in [-0.2, -0.15) is 0 Å². The maximum atomic E-state index is 12.6. The Balaban J connectivity index is 1.56. The summed E-state index contributed by atoms with van der Waals surface area (Å²) in [5.41, 5.74) is 4.32. The van der Waals surface area contributed by atoms with Crippen LogP contribution in [0.5, 0.6) is 0 Å². The van der Waals surface area contributed by atoms with Crippen LogP contribution in [-0.2, 0) is 14.3 Å². The highest BCUT2D eigenvalue weighted by atomic mass is 16.5. The summed E-state index contributed by atoms with van der Waals surface area (Å²) in [4.78, 5) is 36.7. The van der Waals surface area contributed by atoms with Crippen LogP contribution in [0.15, 0.2) is 48.5 Å². The van der Waals surface area contributed by atoms with Crippen LogP contribution in [0.25, 0.3) is 11.1 Å². The number of benzene rings is 2. The molecule has 0 spiro atoms. The first kappa shape index (κ1) is 25.3. The van der Waals surface area contributed by atoms with Gasteiger partial charge >= 0.3 is 12.1 Å². The first-order chi connectivity index (χ1) is 16.1. The lowest BCUT2D eigenvalue weighted by Crippen LogP contribution is -2.48. The second kappa shape index (κ2) is 10.7. The summed E-state index contributed by atoms with van der Waals surface area (Å²) in [6.45, 7) is 7.81. The predicted octanol–water partition coefficient (Wildman–Crippen LogP) is 4.56. The minimum absolute atomic E-state index is 0.00824. The maximum absolute atomic E-state index is 12.6. The zero-order valence-electron chi connectivity index (χ0n) is 20.3. The summed E-state index contributed by atoms with van der Waals surface area (Å²) in [6.07, 6.45) is 0.111. The lowest BCUT2D eigenvalue weighted by molar-refractivity contribution is -0.142. The molecule has 7 heteroatoms. The van der Waals surface area contributed by atoms with Gasteiger partial charge in [-0.1, -0.05) is 76.2 Å². The van der Waals surface area contributed by atoms with Crippen LogP contribution in [-0.4, -0.2) is 42.3 Å². The Morgan fingerprint density at radius 3 is 2.06 bits per heavy atom. The summed E-state index contributed by atoms with van der Waals surface area (Å²) < 4.78 is 5.53. The molecule has 0 fully saturated rings. The third-order valence-electron chi connectivity index (χ3n) is 6.09. The fourth-order valence-corrected chi connectivity index (χ4v) is 4.47. The third-order valence-corrected chi connectivity index (χ3v) is 6.09. The molecule has 34 heavy (non-hydrogen) atoms. The van der Waals surface area contributed by atoms with Gasteiger partial charge in [-0.3, -0.25) is 9.59 Å². The van der Waals surface area contributed by atoms with E-state index in [9.17, 15) is 19.5 Å². The number of carbonyl (C=O) groups is 3. The van der Waals surface area contributed by atoms with Crippen molar-refractivity contribution >= 4 is 18.0 Å². The van der Waals surface area contributed by atoms with Crippen molar-refractivity contribution in [2.24, 2.45) is 11.3 Å². The zero-order chi connectivity index (χ0) is 24.9. The van der Waals surface area contributed by atoms with E-state index in [0.717, 1.165) is 22.3 Å². The van der Waals surface area contributed by atoms with Crippen molar-refractivity contribution in [1.29, 1.82) is 0 Å². The Labute approximate surface area is 200 Å². The number of amides is 2. The lowest BCUT2D eigenvalue weighted by atomic mass is 9.84. The number of ether oxygens (including phenoxy) is 1. The van der Waals surface area contributed by atoms with Crippen molar-refractivity contribution < 1.29 is 24.2 Å². The van der Waals surface area contributed by atoms with E-state index >= 15 is 0 Å². The molecule has 0 bridgehead atoms. The number of carboxylic acids is 1. The van der Waals surface area contributed by atoms with Gasteiger partial charge in [0, 0.05) is 12.5 Å². The second-order valence-corrected chi connectivity index (χ2v) is 9.98. The number of carboxylic acid groups (broad SMARTS) is 1. The van der Waals surface area contributed by atoms with Gasteiger partial charge < -0.3 is 20.5 Å². The Morgan fingerprint density at radius 2 is 1.56 bits per heavy atom. The molecule has 2 aromatic carbocycles. The molecule has 3 N–H and O–H groups in total. The van der Waals surface area contributed by atoms with Crippen LogP contribution >= 0.6 is 0 Å². The number of alkyl carbamates (subject to hydrolysis) is 1. The maximum Gasteiger partial charge on any atom is 0.407 e. The topological polar surface area (TPSA) is 105 Å². The summed E-state index contributed by atoms with van der Waals surface area (Å²) in [5.74, 6) is -2.14. The molecule has 182 valence electrons. The lowest BCUT2D eigenvalue weighted by Gasteiger charge is -2.24. The first-order valence-electron chi connectivity index (χ1n) is 11.7. The minimum Gasteiger partial charge on any atom is -0.481 e. The highest BCUT2D eigenvalue weighted by Crippen LogP contribution is 2.44. The van der Waals surface area contributed by atoms with Gasteiger partial charge in [-0.25, -0.2) is 4.79 Å². The van der Waals surface area contributed by atoms with E-state index in [0.29, 0.717) is 12.8 Å². The summed E-state index contributed by atoms with van der Waals surface area (Å²) in [5, 5.41) is 14.8. The van der Waals surface area contributed by atoms with Crippen molar-refractivity contribution in [2.45, 2.75) is 52.5 Å². The molecule has 1 aliphatic rings. The van der Waals surface area contributed by atoms with Crippen molar-refractivity contribution in [3.63, 3.8) is 0 Å². The van der Waals surface area contributed by atoms with Gasteiger partial charge in [0.05, 0.1) is 5.92 Å². The zero-order valence-corrected chi connectivity index (χ0v) is 20.3. The van der Waals surface area contributed by atoms with Crippen LogP contribution in [0.4, 0.5) is 4.79 Å². The molecule has 0 saturated carbocycles. The van der Waals surface area contributed by atoms with Crippen LogP contribution in [0, 0.1) is 11.3 Å². The van der Waals surface area contributed by atoms with Crippen LogP contribution in [0.2, 0.25) is 0 Å². The molecule has 1 unspecified atom stereocenters. The average molecular weight is 467 g/mol. The van der Waals surface area contributed by atoms with E-state index in [-0.39, 0.29) is 24.5 Å². The average Bonchev–Trinajstić information content (AvgIpc) is 3.11. The summed E-state index contributed by atoms with van der Waals surface area (Å²) in [6, 6.07) is 15.3. The highest BCUT2D eigenvalue weighted by Gasteiger charge is 2.30. The van der Waals surface area contributed by atoms with Crippen molar-refractivity contribution in [3.05, 3.63) is 59.7 Å². The standard InChI is InChI=1S/C27H34N2O5/c1-5-23(24(30)28-15-17(25(31)32)14-27(2,3)4)29-26(33)34-16-22-20-12-8-6-10-18(20)19-11-7-9-13-21(19)22/h6-13,17,22-23H,5,14-16H2,1-4H3,(H,28,30)(H,29,33)(H,31,32)/t17?,23-/m0/s1. The van der Waals surface area contributed by atoms with E-state index in [1.54, 1.807) is 6.92 Å². The molecule has 2 atom stereocenters. The molecule has 0 saturated heterocycles. The van der Waals surface area contributed by atoms with Crippen molar-refractivity contribution in [1.82, 2.24) is 10.6 Å². The molecule has 1 aliphatic carbocycles. The van der Waals surface area contributed by atoms with Crippen LogP contribution in [0.3, 0.4) is 0 Å². The van der Waals surface area contributed by atoms with E-state index < -0.39 is 29.9 Å². The number of hydrogen-bond acceptors (Lipinski definition) is 4. The van der Waals surface area contributed by atoms with Gasteiger partial charge in [0.1, 0.15) is 12.6 Å². The Morgan fingerprint density at radius 1 is 1.00 bits per heavy atom. The Bertz CT molecular complexity index is 998. The molecular formula is C27H34N2O5. The molecule has 7 nitrogen and oxygen atoms in total. The molecule has 0 aromatic heterocycles. The van der Waals surface area contributed by atoms with Gasteiger partial charge in [0.25, 0.3) is 0 Å². The Kier molecular flexibility index (Phi) is 7.97. The molecule has 2 amide bonds. The van der Waals surface area contributed by atoms with Crippen molar-refractivity contribution in [3.8, 4) is 11.1 Å². The first-order valence-corrected chi connectivity index (χ1v) is 11.7. The van der Waals surface area contributed by atoms with Crippen LogP contribution < -0.4 is 10.6 Å². The smallest absolute Gasteiger partial charge is 0.407 e. The quantitative estimate of drug-likeness (QED) is 0.503. The largest absolute Gasteiger partial charge is 0.481 e. The SMILES string of the molecule is CC[C@H](NC(=O)OCC1c2ccccc2-c2ccccc21)C(=O)NCC(CC(C)(C)C)C(=O)O. The number of aliphatic carboxylic acids is 1. The van der Waals surface area contributed by atoms with E-state index in [1.165, 1.54) is 0 Å². The number of hydrogen-bond donors (Lipinski definition) is 3. The fourth-order valence-electron chi connectivity index (χ4n) is 4.47. The Hall–Kier alpha value is -3.35. The number of rotatable bonds is 9. The van der Waals surface area contributed by atoms with Crippen molar-refractivity contribution in [2.75, 3.05) is 13.2 Å². The molecular weight excluding hydrogens is 432 g/mol. The number of nitrogens with one attached hydrogen (secondary N) is 2. The highest BCUT2D eigenvalue weighted by molar-refractivity contribution is 5.86. The van der Waals surface area contributed by atoms with Gasteiger partial charge in [-0.15, -0.1) is 0 Å². The van der Waals surface area contributed by atoms with E-state index in [4.69, 9.17) is 4.74 Å². The molecule has 0 aliphatic heterocycles. The normalized spacial score (nSPS) is 14.5. The third kappa shape index (κ3) is 6.16. The van der Waals surface area contributed by atoms with Crippen LogP contribution in [0.1, 0.15) is 57.6 Å².